The van der Waals surface area contributed by atoms with E-state index in [1.54, 1.807) is 0 Å². The van der Waals surface area contributed by atoms with Crippen LogP contribution in [0.1, 0.15) is 51.3 Å². The Morgan fingerprint density at radius 2 is 1.70 bits per heavy atom. The van der Waals surface area contributed by atoms with Crippen LogP contribution in [0.4, 0.5) is 0 Å². The van der Waals surface area contributed by atoms with Crippen LogP contribution in [0.2, 0.25) is 0 Å². The van der Waals surface area contributed by atoms with E-state index in [1.807, 2.05) is 0 Å². The zero-order chi connectivity index (χ0) is 14.7. The molecule has 0 radical (unpaired) electrons. The fourth-order valence-corrected chi connectivity index (χ4v) is 3.47. The highest BCUT2D eigenvalue weighted by Gasteiger charge is 2.31. The second kappa shape index (κ2) is 6.73. The summed E-state index contributed by atoms with van der Waals surface area (Å²) in [7, 11) is 0. The molecule has 0 aliphatic heterocycles. The molecule has 2 N–H and O–H groups in total. The van der Waals surface area contributed by atoms with Gasteiger partial charge in [0.05, 0.1) is 0 Å². The number of aryl methyl sites for hydroxylation is 1. The molecule has 0 fully saturated rings. The van der Waals surface area contributed by atoms with Gasteiger partial charge in [0, 0.05) is 25.2 Å². The van der Waals surface area contributed by atoms with Crippen molar-refractivity contribution in [1.29, 1.82) is 0 Å². The predicted molar refractivity (Wildman–Crippen MR) is 86.7 cm³/mol. The highest BCUT2D eigenvalue weighted by atomic mass is 15.2. The van der Waals surface area contributed by atoms with Crippen LogP contribution in [0.15, 0.2) is 24.3 Å². The molecule has 2 unspecified atom stereocenters. The van der Waals surface area contributed by atoms with Crippen LogP contribution in [-0.2, 0) is 6.42 Å². The van der Waals surface area contributed by atoms with Gasteiger partial charge in [-0.2, -0.15) is 0 Å². The van der Waals surface area contributed by atoms with Crippen molar-refractivity contribution in [2.45, 2.75) is 52.6 Å². The zero-order valence-corrected chi connectivity index (χ0v) is 13.5. The van der Waals surface area contributed by atoms with Crippen molar-refractivity contribution < 1.29 is 0 Å². The maximum Gasteiger partial charge on any atom is 0.0455 e. The van der Waals surface area contributed by atoms with Crippen molar-refractivity contribution in [2.75, 3.05) is 13.1 Å². The summed E-state index contributed by atoms with van der Waals surface area (Å²) in [6, 6.07) is 9.37. The number of nitrogens with two attached hydrogens (primary N) is 1. The topological polar surface area (TPSA) is 29.3 Å². The molecule has 1 aromatic rings. The monoisotopic (exact) mass is 274 g/mol. The van der Waals surface area contributed by atoms with E-state index in [1.165, 1.54) is 24.0 Å². The van der Waals surface area contributed by atoms with E-state index in [0.717, 1.165) is 13.1 Å². The molecule has 20 heavy (non-hydrogen) atoms. The minimum atomic E-state index is 0.164. The number of hydrogen-bond donors (Lipinski definition) is 1. The molecule has 1 aliphatic rings. The molecule has 2 atom stereocenters. The van der Waals surface area contributed by atoms with E-state index in [2.05, 4.69) is 56.9 Å². The molecular formula is C18H30N2. The first-order valence-electron chi connectivity index (χ1n) is 8.06. The van der Waals surface area contributed by atoms with Crippen LogP contribution >= 0.6 is 0 Å². The van der Waals surface area contributed by atoms with Crippen molar-refractivity contribution in [1.82, 2.24) is 4.90 Å². The third-order valence-corrected chi connectivity index (χ3v) is 4.21. The number of rotatable bonds is 5. The molecule has 0 aromatic heterocycles. The summed E-state index contributed by atoms with van der Waals surface area (Å²) in [6.07, 6.45) is 2.36. The van der Waals surface area contributed by atoms with E-state index in [0.29, 0.717) is 17.9 Å². The average molecular weight is 274 g/mol. The van der Waals surface area contributed by atoms with Gasteiger partial charge in [0.25, 0.3) is 0 Å². The molecule has 2 rings (SSSR count). The van der Waals surface area contributed by atoms with Crippen molar-refractivity contribution in [2.24, 2.45) is 17.6 Å². The van der Waals surface area contributed by atoms with Gasteiger partial charge in [-0.05, 0) is 35.8 Å². The lowest BCUT2D eigenvalue weighted by atomic mass is 9.83. The molecule has 0 spiro atoms. The van der Waals surface area contributed by atoms with Crippen LogP contribution in [0.5, 0.6) is 0 Å². The van der Waals surface area contributed by atoms with Gasteiger partial charge >= 0.3 is 0 Å². The molecule has 0 saturated heterocycles. The van der Waals surface area contributed by atoms with E-state index < -0.39 is 0 Å². The van der Waals surface area contributed by atoms with Crippen LogP contribution in [0.25, 0.3) is 0 Å². The molecule has 0 amide bonds. The number of hydrogen-bond acceptors (Lipinski definition) is 2. The van der Waals surface area contributed by atoms with Crippen molar-refractivity contribution in [3.63, 3.8) is 0 Å². The fraction of sp³-hybridized carbons (Fsp3) is 0.667. The van der Waals surface area contributed by atoms with Crippen LogP contribution in [0, 0.1) is 11.8 Å². The van der Waals surface area contributed by atoms with Crippen LogP contribution < -0.4 is 5.73 Å². The van der Waals surface area contributed by atoms with E-state index in [4.69, 9.17) is 5.73 Å². The molecule has 1 aliphatic carbocycles. The smallest absolute Gasteiger partial charge is 0.0455 e. The van der Waals surface area contributed by atoms with Crippen molar-refractivity contribution in [3.8, 4) is 0 Å². The first kappa shape index (κ1) is 15.5. The van der Waals surface area contributed by atoms with Gasteiger partial charge in [0.15, 0.2) is 0 Å². The lowest BCUT2D eigenvalue weighted by Crippen LogP contribution is -2.48. The Kier molecular flexibility index (Phi) is 5.22. The quantitative estimate of drug-likeness (QED) is 0.888. The van der Waals surface area contributed by atoms with Gasteiger partial charge in [0.2, 0.25) is 0 Å². The first-order valence-corrected chi connectivity index (χ1v) is 8.06. The van der Waals surface area contributed by atoms with Crippen LogP contribution in [0.3, 0.4) is 0 Å². The van der Waals surface area contributed by atoms with Gasteiger partial charge in [-0.1, -0.05) is 52.0 Å². The van der Waals surface area contributed by atoms with Gasteiger partial charge in [-0.3, -0.25) is 4.90 Å². The summed E-state index contributed by atoms with van der Waals surface area (Å²) in [5, 5.41) is 0. The molecule has 0 saturated carbocycles. The molecular weight excluding hydrogens is 244 g/mol. The van der Waals surface area contributed by atoms with Gasteiger partial charge < -0.3 is 5.73 Å². The highest BCUT2D eigenvalue weighted by Crippen LogP contribution is 2.32. The summed E-state index contributed by atoms with van der Waals surface area (Å²) < 4.78 is 0. The third kappa shape index (κ3) is 3.62. The Bertz CT molecular complexity index is 415. The summed E-state index contributed by atoms with van der Waals surface area (Å²) >= 11 is 0. The molecule has 2 heteroatoms. The Labute approximate surface area is 124 Å². The van der Waals surface area contributed by atoms with Crippen molar-refractivity contribution >= 4 is 0 Å². The maximum absolute atomic E-state index is 6.60. The lowest BCUT2D eigenvalue weighted by Gasteiger charge is -2.41. The molecule has 1 aromatic carbocycles. The van der Waals surface area contributed by atoms with Gasteiger partial charge in [0.1, 0.15) is 0 Å². The Hall–Kier alpha value is -0.860. The molecule has 0 bridgehead atoms. The normalized spacial score (nSPS) is 22.6. The summed E-state index contributed by atoms with van der Waals surface area (Å²) in [6.45, 7) is 11.5. The fourth-order valence-electron chi connectivity index (χ4n) is 3.47. The Morgan fingerprint density at radius 1 is 1.10 bits per heavy atom. The third-order valence-electron chi connectivity index (χ3n) is 4.21. The number of nitrogens with zero attached hydrogens (tertiary/aromatic N) is 1. The number of benzene rings is 1. The van der Waals surface area contributed by atoms with Crippen molar-refractivity contribution in [3.05, 3.63) is 35.4 Å². The van der Waals surface area contributed by atoms with Gasteiger partial charge in [-0.25, -0.2) is 0 Å². The second-order valence-corrected chi connectivity index (χ2v) is 7.07. The largest absolute Gasteiger partial charge is 0.323 e. The van der Waals surface area contributed by atoms with Crippen LogP contribution in [-0.4, -0.2) is 24.0 Å². The predicted octanol–water partition coefficient (Wildman–Crippen LogP) is 3.62. The SMILES string of the molecule is CC(C)CN(CC(C)C)C1CCc2ccccc2C1N. The minimum absolute atomic E-state index is 0.164. The average Bonchev–Trinajstić information content (AvgIpc) is 2.37. The standard InChI is InChI=1S/C18H30N2/c1-13(2)11-20(12-14(3)4)17-10-9-15-7-5-6-8-16(15)18(17)19/h5-8,13-14,17-18H,9-12,19H2,1-4H3. The lowest BCUT2D eigenvalue weighted by molar-refractivity contribution is 0.123. The molecule has 0 heterocycles. The second-order valence-electron chi connectivity index (χ2n) is 7.07. The maximum atomic E-state index is 6.60. The van der Waals surface area contributed by atoms with E-state index >= 15 is 0 Å². The highest BCUT2D eigenvalue weighted by molar-refractivity contribution is 5.33. The summed E-state index contributed by atoms with van der Waals surface area (Å²) in [5.74, 6) is 1.39. The summed E-state index contributed by atoms with van der Waals surface area (Å²) in [4.78, 5) is 2.63. The Morgan fingerprint density at radius 3 is 2.30 bits per heavy atom. The summed E-state index contributed by atoms with van der Waals surface area (Å²) in [5.41, 5.74) is 9.41. The number of fused-ring (bicyclic) bond motifs is 1. The minimum Gasteiger partial charge on any atom is -0.323 e. The zero-order valence-electron chi connectivity index (χ0n) is 13.5. The van der Waals surface area contributed by atoms with E-state index in [-0.39, 0.29) is 6.04 Å². The Balaban J connectivity index is 2.18. The first-order chi connectivity index (χ1) is 9.49. The molecule has 2 nitrogen and oxygen atoms in total. The van der Waals surface area contributed by atoms with E-state index in [9.17, 15) is 0 Å². The molecule has 112 valence electrons. The van der Waals surface area contributed by atoms with Gasteiger partial charge in [-0.15, -0.1) is 0 Å².